The number of piperidine rings is 1. The Bertz CT molecular complexity index is 922. The average Bonchev–Trinajstić information content (AvgIpc) is 3.05. The van der Waals surface area contributed by atoms with Crippen LogP contribution in [-0.4, -0.2) is 38.7 Å². The lowest BCUT2D eigenvalue weighted by atomic mass is 10.0. The fourth-order valence-corrected chi connectivity index (χ4v) is 4.66. The number of para-hydroxylation sites is 2. The van der Waals surface area contributed by atoms with Gasteiger partial charge in [-0.25, -0.2) is 4.98 Å². The number of benzene rings is 2. The Morgan fingerprint density at radius 2 is 1.89 bits per heavy atom. The molecule has 0 aliphatic carbocycles. The van der Waals surface area contributed by atoms with E-state index in [1.807, 2.05) is 29.2 Å². The van der Waals surface area contributed by atoms with Crippen LogP contribution in [0.1, 0.15) is 31.7 Å². The number of aromatic nitrogens is 2. The van der Waals surface area contributed by atoms with E-state index in [4.69, 9.17) is 4.98 Å². The van der Waals surface area contributed by atoms with Gasteiger partial charge in [0.05, 0.1) is 23.3 Å². The zero-order valence-electron chi connectivity index (χ0n) is 15.7. The van der Waals surface area contributed by atoms with Crippen LogP contribution in [-0.2, 0) is 11.3 Å². The molecule has 0 radical (unpaired) electrons. The maximum Gasteiger partial charge on any atom is 0.233 e. The second-order valence-corrected chi connectivity index (χ2v) is 8.12. The Kier molecular flexibility index (Phi) is 5.48. The van der Waals surface area contributed by atoms with E-state index >= 15 is 0 Å². The first-order valence-electron chi connectivity index (χ1n) is 9.64. The van der Waals surface area contributed by atoms with Gasteiger partial charge in [-0.05, 0) is 43.9 Å². The lowest BCUT2D eigenvalue weighted by molar-refractivity contribution is -0.131. The van der Waals surface area contributed by atoms with Crippen molar-refractivity contribution in [2.24, 2.45) is 0 Å². The highest BCUT2D eigenvalue weighted by Gasteiger charge is 2.23. The van der Waals surface area contributed by atoms with E-state index in [1.165, 1.54) is 12.0 Å². The van der Waals surface area contributed by atoms with Gasteiger partial charge in [0, 0.05) is 12.6 Å². The molecule has 0 N–H and O–H groups in total. The highest BCUT2D eigenvalue weighted by Crippen LogP contribution is 2.26. The number of hydrogen-bond donors (Lipinski definition) is 0. The lowest BCUT2D eigenvalue weighted by Crippen LogP contribution is -2.43. The number of fused-ring (bicyclic) bond motifs is 1. The molecule has 3 aromatic rings. The summed E-state index contributed by atoms with van der Waals surface area (Å²) in [7, 11) is 0. The Balaban J connectivity index is 1.55. The SMILES string of the molecule is C[C@H]1CCCCN1C(=O)CSc1nc2ccccc2n1Cc1ccccc1. The summed E-state index contributed by atoms with van der Waals surface area (Å²) in [5.41, 5.74) is 3.33. The Hall–Kier alpha value is -2.27. The topological polar surface area (TPSA) is 38.1 Å². The summed E-state index contributed by atoms with van der Waals surface area (Å²) >= 11 is 1.56. The summed E-state index contributed by atoms with van der Waals surface area (Å²) in [6, 6.07) is 19.0. The van der Waals surface area contributed by atoms with Crippen LogP contribution < -0.4 is 0 Å². The third-order valence-electron chi connectivity index (χ3n) is 5.25. The number of carbonyl (C=O) groups is 1. The van der Waals surface area contributed by atoms with Gasteiger partial charge in [-0.3, -0.25) is 4.79 Å². The zero-order chi connectivity index (χ0) is 18.6. The molecule has 1 saturated heterocycles. The van der Waals surface area contributed by atoms with Crippen molar-refractivity contribution in [1.29, 1.82) is 0 Å². The first kappa shape index (κ1) is 18.1. The molecule has 1 aliphatic rings. The largest absolute Gasteiger partial charge is 0.339 e. The third-order valence-corrected chi connectivity index (χ3v) is 6.21. The molecule has 1 aliphatic heterocycles. The molecule has 0 saturated carbocycles. The average molecular weight is 380 g/mol. The molecule has 1 atom stereocenters. The monoisotopic (exact) mass is 379 g/mol. The van der Waals surface area contributed by atoms with E-state index < -0.39 is 0 Å². The van der Waals surface area contributed by atoms with Gasteiger partial charge in [0.1, 0.15) is 0 Å². The highest BCUT2D eigenvalue weighted by atomic mass is 32.2. The van der Waals surface area contributed by atoms with E-state index in [0.29, 0.717) is 11.8 Å². The molecule has 2 aromatic carbocycles. The van der Waals surface area contributed by atoms with E-state index in [-0.39, 0.29) is 5.91 Å². The summed E-state index contributed by atoms with van der Waals surface area (Å²) in [6.07, 6.45) is 3.46. The number of nitrogens with zero attached hydrogens (tertiary/aromatic N) is 3. The summed E-state index contributed by atoms with van der Waals surface area (Å²) in [4.78, 5) is 19.6. The summed E-state index contributed by atoms with van der Waals surface area (Å²) in [6.45, 7) is 3.81. The maximum absolute atomic E-state index is 12.7. The molecule has 1 fully saturated rings. The predicted molar refractivity (Wildman–Crippen MR) is 111 cm³/mol. The molecule has 0 spiro atoms. The molecule has 0 bridgehead atoms. The van der Waals surface area contributed by atoms with Crippen molar-refractivity contribution >= 4 is 28.7 Å². The highest BCUT2D eigenvalue weighted by molar-refractivity contribution is 7.99. The normalized spacial score (nSPS) is 17.4. The number of thioether (sulfide) groups is 1. The summed E-state index contributed by atoms with van der Waals surface area (Å²) in [5.74, 6) is 0.674. The molecule has 1 aromatic heterocycles. The fourth-order valence-electron chi connectivity index (χ4n) is 3.76. The van der Waals surface area contributed by atoms with Gasteiger partial charge in [-0.2, -0.15) is 0 Å². The third kappa shape index (κ3) is 4.03. The van der Waals surface area contributed by atoms with Gasteiger partial charge in [-0.1, -0.05) is 54.2 Å². The molecular weight excluding hydrogens is 354 g/mol. The quantitative estimate of drug-likeness (QED) is 0.609. The Labute approximate surface area is 164 Å². The molecule has 27 heavy (non-hydrogen) atoms. The molecule has 1 amide bonds. The Morgan fingerprint density at radius 3 is 2.70 bits per heavy atom. The van der Waals surface area contributed by atoms with Crippen molar-refractivity contribution in [2.75, 3.05) is 12.3 Å². The van der Waals surface area contributed by atoms with Crippen molar-refractivity contribution < 1.29 is 4.79 Å². The zero-order valence-corrected chi connectivity index (χ0v) is 16.5. The molecule has 140 valence electrons. The minimum atomic E-state index is 0.227. The predicted octanol–water partition coefficient (Wildman–Crippen LogP) is 4.58. The van der Waals surface area contributed by atoms with Crippen molar-refractivity contribution in [3.63, 3.8) is 0 Å². The van der Waals surface area contributed by atoms with E-state index in [2.05, 4.69) is 41.8 Å². The second kappa shape index (κ2) is 8.17. The molecule has 2 heterocycles. The van der Waals surface area contributed by atoms with Gasteiger partial charge >= 0.3 is 0 Å². The smallest absolute Gasteiger partial charge is 0.233 e. The standard InChI is InChI=1S/C22H25N3OS/c1-17-9-7-8-14-24(17)21(26)16-27-22-23-19-12-5-6-13-20(19)25(22)15-18-10-3-2-4-11-18/h2-6,10-13,17H,7-9,14-16H2,1H3/t17-/m0/s1. The number of likely N-dealkylation sites (tertiary alicyclic amines) is 1. The van der Waals surface area contributed by atoms with Crippen LogP contribution >= 0.6 is 11.8 Å². The summed E-state index contributed by atoms with van der Waals surface area (Å²) in [5, 5.41) is 0.915. The number of imidazole rings is 1. The van der Waals surface area contributed by atoms with E-state index in [1.54, 1.807) is 11.8 Å². The van der Waals surface area contributed by atoms with Crippen molar-refractivity contribution in [3.05, 3.63) is 60.2 Å². The second-order valence-electron chi connectivity index (χ2n) is 7.18. The first-order valence-corrected chi connectivity index (χ1v) is 10.6. The number of hydrogen-bond acceptors (Lipinski definition) is 3. The maximum atomic E-state index is 12.7. The van der Waals surface area contributed by atoms with Crippen molar-refractivity contribution in [3.8, 4) is 0 Å². The van der Waals surface area contributed by atoms with Gasteiger partial charge in [0.2, 0.25) is 5.91 Å². The van der Waals surface area contributed by atoms with Crippen molar-refractivity contribution in [2.45, 2.75) is 43.9 Å². The van der Waals surface area contributed by atoms with Crippen LogP contribution in [0.15, 0.2) is 59.8 Å². The van der Waals surface area contributed by atoms with Crippen LogP contribution in [0.5, 0.6) is 0 Å². The molecule has 0 unspecified atom stereocenters. The van der Waals surface area contributed by atoms with Gasteiger partial charge in [0.15, 0.2) is 5.16 Å². The molecular formula is C22H25N3OS. The van der Waals surface area contributed by atoms with Gasteiger partial charge in [0.25, 0.3) is 0 Å². The van der Waals surface area contributed by atoms with Gasteiger partial charge in [-0.15, -0.1) is 0 Å². The first-order chi connectivity index (χ1) is 13.2. The number of rotatable bonds is 5. The molecule has 4 rings (SSSR count). The minimum absolute atomic E-state index is 0.227. The fraction of sp³-hybridized carbons (Fsp3) is 0.364. The van der Waals surface area contributed by atoms with E-state index in [9.17, 15) is 4.79 Å². The van der Waals surface area contributed by atoms with Crippen LogP contribution in [0.25, 0.3) is 11.0 Å². The van der Waals surface area contributed by atoms with Crippen LogP contribution in [0.4, 0.5) is 0 Å². The number of carbonyl (C=O) groups excluding carboxylic acids is 1. The van der Waals surface area contributed by atoms with E-state index in [0.717, 1.165) is 42.1 Å². The minimum Gasteiger partial charge on any atom is -0.339 e. The number of amides is 1. The van der Waals surface area contributed by atoms with Crippen molar-refractivity contribution in [1.82, 2.24) is 14.5 Å². The van der Waals surface area contributed by atoms with Crippen LogP contribution in [0, 0.1) is 0 Å². The van der Waals surface area contributed by atoms with Gasteiger partial charge < -0.3 is 9.47 Å². The summed E-state index contributed by atoms with van der Waals surface area (Å²) < 4.78 is 2.22. The Morgan fingerprint density at radius 1 is 1.11 bits per heavy atom. The lowest BCUT2D eigenvalue weighted by Gasteiger charge is -2.33. The molecule has 4 nitrogen and oxygen atoms in total. The molecule has 5 heteroatoms. The van der Waals surface area contributed by atoms with Crippen LogP contribution in [0.3, 0.4) is 0 Å². The van der Waals surface area contributed by atoms with Crippen LogP contribution in [0.2, 0.25) is 0 Å².